The Morgan fingerprint density at radius 3 is 2.13 bits per heavy atom. The van der Waals surface area contributed by atoms with Crippen LogP contribution in [0.15, 0.2) is 47.4 Å². The summed E-state index contributed by atoms with van der Waals surface area (Å²) in [5, 5.41) is 3.11. The Hall–Kier alpha value is -2.51. The first-order valence-electron chi connectivity index (χ1n) is 10.8. The molecule has 0 spiro atoms. The Balaban J connectivity index is 1.69. The molecule has 31 heavy (non-hydrogen) atoms. The van der Waals surface area contributed by atoms with Gasteiger partial charge >= 0.3 is 0 Å². The maximum atomic E-state index is 13.0. The van der Waals surface area contributed by atoms with Gasteiger partial charge in [-0.05, 0) is 55.9 Å². The fourth-order valence-corrected chi connectivity index (χ4v) is 5.53. The van der Waals surface area contributed by atoms with Crippen LogP contribution in [0.2, 0.25) is 0 Å². The molecule has 7 heteroatoms. The monoisotopic (exact) mass is 442 g/mol. The molecule has 0 aliphatic carbocycles. The van der Waals surface area contributed by atoms with Crippen molar-refractivity contribution in [2.24, 2.45) is 5.92 Å². The van der Waals surface area contributed by atoms with Gasteiger partial charge in [-0.2, -0.15) is 4.31 Å². The van der Waals surface area contributed by atoms with Gasteiger partial charge < -0.3 is 5.32 Å². The molecule has 0 aromatic heterocycles. The molecule has 1 fully saturated rings. The molecule has 0 saturated carbocycles. The molecule has 0 radical (unpaired) electrons. The van der Waals surface area contributed by atoms with E-state index < -0.39 is 10.0 Å². The summed E-state index contributed by atoms with van der Waals surface area (Å²) in [6, 6.07) is 12.2. The Bertz CT molecular complexity index is 1050. The zero-order valence-corrected chi connectivity index (χ0v) is 19.2. The Labute approximate surface area is 184 Å². The van der Waals surface area contributed by atoms with E-state index in [4.69, 9.17) is 0 Å². The molecule has 1 N–H and O–H groups in total. The summed E-state index contributed by atoms with van der Waals surface area (Å²) in [6.07, 6.45) is 2.60. The molecule has 2 aromatic rings. The minimum Gasteiger partial charge on any atom is -0.325 e. The van der Waals surface area contributed by atoms with Crippen molar-refractivity contribution in [1.29, 1.82) is 0 Å². The van der Waals surface area contributed by atoms with Crippen LogP contribution >= 0.6 is 0 Å². The number of nitrogens with one attached hydrogen (secondary N) is 1. The second-order valence-electron chi connectivity index (χ2n) is 7.91. The summed E-state index contributed by atoms with van der Waals surface area (Å²) >= 11 is 0. The van der Waals surface area contributed by atoms with Gasteiger partial charge in [0.2, 0.25) is 15.9 Å². The third-order valence-electron chi connectivity index (χ3n) is 5.95. The van der Waals surface area contributed by atoms with Gasteiger partial charge in [-0.1, -0.05) is 44.2 Å². The van der Waals surface area contributed by atoms with Gasteiger partial charge in [-0.3, -0.25) is 9.59 Å². The smallest absolute Gasteiger partial charge is 0.243 e. The van der Waals surface area contributed by atoms with E-state index >= 15 is 0 Å². The summed E-state index contributed by atoms with van der Waals surface area (Å²) < 4.78 is 27.4. The lowest BCUT2D eigenvalue weighted by atomic mass is 9.96. The van der Waals surface area contributed by atoms with Crippen molar-refractivity contribution in [3.05, 3.63) is 59.2 Å². The fourth-order valence-electron chi connectivity index (χ4n) is 4.01. The second kappa shape index (κ2) is 9.75. The highest BCUT2D eigenvalue weighted by Crippen LogP contribution is 2.28. The molecule has 166 valence electrons. The van der Waals surface area contributed by atoms with Crippen LogP contribution < -0.4 is 5.32 Å². The van der Waals surface area contributed by atoms with Crippen LogP contribution in [0.3, 0.4) is 0 Å². The topological polar surface area (TPSA) is 83.6 Å². The predicted molar refractivity (Wildman–Crippen MR) is 122 cm³/mol. The summed E-state index contributed by atoms with van der Waals surface area (Å²) in [4.78, 5) is 24.7. The average molecular weight is 443 g/mol. The number of piperidine rings is 1. The van der Waals surface area contributed by atoms with Gasteiger partial charge in [-0.15, -0.1) is 0 Å². The zero-order valence-electron chi connectivity index (χ0n) is 18.3. The Morgan fingerprint density at radius 2 is 1.58 bits per heavy atom. The lowest BCUT2D eigenvalue weighted by Crippen LogP contribution is -2.41. The molecule has 0 bridgehead atoms. The molecule has 1 heterocycles. The maximum absolute atomic E-state index is 13.0. The lowest BCUT2D eigenvalue weighted by Gasteiger charge is -2.31. The number of para-hydroxylation sites is 1. The Kier molecular flexibility index (Phi) is 7.28. The van der Waals surface area contributed by atoms with Crippen molar-refractivity contribution < 1.29 is 18.0 Å². The van der Waals surface area contributed by atoms with Crippen molar-refractivity contribution >= 4 is 27.4 Å². The third-order valence-corrected chi connectivity index (χ3v) is 7.84. The fraction of sp³-hybridized carbons (Fsp3) is 0.417. The lowest BCUT2D eigenvalue weighted by molar-refractivity contribution is -0.120. The number of hydrogen-bond acceptors (Lipinski definition) is 4. The molecule has 0 atom stereocenters. The number of aryl methyl sites for hydroxylation is 2. The standard InChI is InChI=1S/C24H30N2O4S/c1-4-18-8-6-9-19(5-2)23(18)25-24(28)20-12-14-26(15-13-20)31(29,30)22-11-7-10-21(16-22)17(3)27/h6-11,16,20H,4-5,12-15H2,1-3H3,(H,25,28). The molecular formula is C24H30N2O4S. The number of anilines is 1. The van der Waals surface area contributed by atoms with Gasteiger partial charge in [0, 0.05) is 30.3 Å². The molecule has 1 amide bonds. The first-order valence-corrected chi connectivity index (χ1v) is 12.2. The zero-order chi connectivity index (χ0) is 22.6. The molecule has 1 aliphatic heterocycles. The number of carbonyl (C=O) groups is 2. The van der Waals surface area contributed by atoms with E-state index in [0.717, 1.165) is 29.7 Å². The summed E-state index contributed by atoms with van der Waals surface area (Å²) in [5.41, 5.74) is 3.49. The highest BCUT2D eigenvalue weighted by Gasteiger charge is 2.32. The van der Waals surface area contributed by atoms with Crippen LogP contribution in [-0.2, 0) is 27.7 Å². The van der Waals surface area contributed by atoms with E-state index in [-0.39, 0.29) is 35.6 Å². The normalized spacial score (nSPS) is 15.6. The van der Waals surface area contributed by atoms with Crippen molar-refractivity contribution in [1.82, 2.24) is 4.31 Å². The highest BCUT2D eigenvalue weighted by atomic mass is 32.2. The highest BCUT2D eigenvalue weighted by molar-refractivity contribution is 7.89. The molecule has 3 rings (SSSR count). The average Bonchev–Trinajstić information content (AvgIpc) is 2.79. The Morgan fingerprint density at radius 1 is 1.00 bits per heavy atom. The number of benzene rings is 2. The molecule has 1 aliphatic rings. The predicted octanol–water partition coefficient (Wildman–Crippen LogP) is 4.05. The number of Topliss-reactive ketones (excluding diaryl/α,β-unsaturated/α-hetero) is 1. The van der Waals surface area contributed by atoms with Gasteiger partial charge in [0.1, 0.15) is 0 Å². The third kappa shape index (κ3) is 5.05. The van der Waals surface area contributed by atoms with Gasteiger partial charge in [0.15, 0.2) is 5.78 Å². The molecule has 1 saturated heterocycles. The number of carbonyl (C=O) groups excluding carboxylic acids is 2. The van der Waals surface area contributed by atoms with Crippen LogP contribution in [-0.4, -0.2) is 37.5 Å². The number of sulfonamides is 1. The van der Waals surface area contributed by atoms with Gasteiger partial charge in [-0.25, -0.2) is 8.42 Å². The largest absolute Gasteiger partial charge is 0.325 e. The first kappa shape index (κ1) is 23.2. The van der Waals surface area contributed by atoms with E-state index in [0.29, 0.717) is 18.4 Å². The van der Waals surface area contributed by atoms with Crippen LogP contribution in [0.5, 0.6) is 0 Å². The molecule has 0 unspecified atom stereocenters. The molecular weight excluding hydrogens is 412 g/mol. The van der Waals surface area contributed by atoms with Crippen LogP contribution in [0.25, 0.3) is 0 Å². The van der Waals surface area contributed by atoms with Crippen LogP contribution in [0.1, 0.15) is 55.1 Å². The number of nitrogens with zero attached hydrogens (tertiary/aromatic N) is 1. The van der Waals surface area contributed by atoms with E-state index in [2.05, 4.69) is 19.2 Å². The van der Waals surface area contributed by atoms with E-state index in [1.165, 1.54) is 23.4 Å². The minimum atomic E-state index is -3.70. The quantitative estimate of drug-likeness (QED) is 0.656. The van der Waals surface area contributed by atoms with Crippen molar-refractivity contribution in [2.75, 3.05) is 18.4 Å². The number of ketones is 1. The second-order valence-corrected chi connectivity index (χ2v) is 9.85. The number of hydrogen-bond donors (Lipinski definition) is 1. The maximum Gasteiger partial charge on any atom is 0.243 e. The van der Waals surface area contributed by atoms with Gasteiger partial charge in [0.25, 0.3) is 0 Å². The number of rotatable bonds is 7. The van der Waals surface area contributed by atoms with Crippen molar-refractivity contribution in [3.8, 4) is 0 Å². The van der Waals surface area contributed by atoms with E-state index in [9.17, 15) is 18.0 Å². The summed E-state index contributed by atoms with van der Waals surface area (Å²) in [6.45, 7) is 6.10. The summed E-state index contributed by atoms with van der Waals surface area (Å²) in [5.74, 6) is -0.456. The number of amides is 1. The first-order chi connectivity index (χ1) is 14.8. The van der Waals surface area contributed by atoms with E-state index in [1.54, 1.807) is 12.1 Å². The van der Waals surface area contributed by atoms with Crippen LogP contribution in [0.4, 0.5) is 5.69 Å². The molecule has 2 aromatic carbocycles. The van der Waals surface area contributed by atoms with Gasteiger partial charge in [0.05, 0.1) is 4.90 Å². The van der Waals surface area contributed by atoms with E-state index in [1.807, 2.05) is 18.2 Å². The summed E-state index contributed by atoms with van der Waals surface area (Å²) in [7, 11) is -3.70. The van der Waals surface area contributed by atoms with Crippen LogP contribution in [0, 0.1) is 5.92 Å². The van der Waals surface area contributed by atoms with Crippen molar-refractivity contribution in [2.45, 2.75) is 51.3 Å². The van der Waals surface area contributed by atoms with Crippen molar-refractivity contribution in [3.63, 3.8) is 0 Å². The minimum absolute atomic E-state index is 0.0498. The molecule has 6 nitrogen and oxygen atoms in total. The SMILES string of the molecule is CCc1cccc(CC)c1NC(=O)C1CCN(S(=O)(=O)c2cccc(C(C)=O)c2)CC1.